The summed E-state index contributed by atoms with van der Waals surface area (Å²) >= 11 is 6.32. The summed E-state index contributed by atoms with van der Waals surface area (Å²) < 4.78 is 10.9. The zero-order valence-electron chi connectivity index (χ0n) is 18.6. The van der Waals surface area contributed by atoms with E-state index in [1.807, 2.05) is 6.92 Å². The van der Waals surface area contributed by atoms with Crippen molar-refractivity contribution >= 4 is 40.7 Å². The van der Waals surface area contributed by atoms with E-state index < -0.39 is 40.4 Å². The summed E-state index contributed by atoms with van der Waals surface area (Å²) in [7, 11) is 0. The fraction of sp³-hybridized carbons (Fsp3) is 0.160. The largest absolute Gasteiger partial charge is 0.454 e. The van der Waals surface area contributed by atoms with Gasteiger partial charge in [-0.25, -0.2) is 0 Å². The number of fused-ring (bicyclic) bond motifs is 2. The van der Waals surface area contributed by atoms with Crippen molar-refractivity contribution in [2.24, 2.45) is 0 Å². The second kappa shape index (κ2) is 7.79. The van der Waals surface area contributed by atoms with Crippen LogP contribution in [0.15, 0.2) is 54.6 Å². The molecule has 0 bridgehead atoms. The zero-order chi connectivity index (χ0) is 25.3. The third-order valence-corrected chi connectivity index (χ3v) is 7.05. The summed E-state index contributed by atoms with van der Waals surface area (Å²) in [5, 5.41) is 12.0. The fourth-order valence-electron chi connectivity index (χ4n) is 4.86. The number of nitrogens with zero attached hydrogens (tertiary/aromatic N) is 3. The van der Waals surface area contributed by atoms with Gasteiger partial charge in [0.25, 0.3) is 23.4 Å². The van der Waals surface area contributed by atoms with E-state index in [1.165, 1.54) is 17.0 Å². The van der Waals surface area contributed by atoms with Crippen LogP contribution in [0.2, 0.25) is 5.02 Å². The number of ether oxygens (including phenoxy) is 2. The van der Waals surface area contributed by atoms with E-state index in [4.69, 9.17) is 21.1 Å². The van der Waals surface area contributed by atoms with Gasteiger partial charge in [-0.15, -0.1) is 0 Å². The minimum absolute atomic E-state index is 0.0468. The lowest BCUT2D eigenvalue weighted by molar-refractivity contribution is -0.385. The van der Waals surface area contributed by atoms with Gasteiger partial charge in [0.05, 0.1) is 16.5 Å². The Labute approximate surface area is 208 Å². The number of β-lactam (4-membered cyclic amide) rings is 1. The van der Waals surface area contributed by atoms with Gasteiger partial charge in [0.2, 0.25) is 6.79 Å². The number of hydrogen-bond acceptors (Lipinski definition) is 7. The summed E-state index contributed by atoms with van der Waals surface area (Å²) in [6.07, 6.45) is 0. The maximum Gasteiger partial charge on any atom is 0.282 e. The number of imide groups is 1. The second-order valence-electron chi connectivity index (χ2n) is 8.58. The number of carbonyl (C=O) groups excluding carboxylic acids is 3. The quantitative estimate of drug-likeness (QED) is 0.227. The van der Waals surface area contributed by atoms with E-state index in [2.05, 4.69) is 0 Å². The van der Waals surface area contributed by atoms with Crippen molar-refractivity contribution in [1.29, 1.82) is 0 Å². The molecule has 1 saturated heterocycles. The summed E-state index contributed by atoms with van der Waals surface area (Å²) in [6, 6.07) is 12.1. The van der Waals surface area contributed by atoms with Gasteiger partial charge in [-0.3, -0.25) is 29.4 Å². The first-order valence-corrected chi connectivity index (χ1v) is 11.3. The van der Waals surface area contributed by atoms with Gasteiger partial charge >= 0.3 is 0 Å². The molecular weight excluding hydrogens is 490 g/mol. The number of benzene rings is 3. The van der Waals surface area contributed by atoms with E-state index in [9.17, 15) is 24.5 Å². The Morgan fingerprint density at radius 3 is 2.47 bits per heavy atom. The first kappa shape index (κ1) is 22.1. The lowest BCUT2D eigenvalue weighted by Gasteiger charge is -2.49. The van der Waals surface area contributed by atoms with Crippen molar-refractivity contribution in [3.63, 3.8) is 0 Å². The molecule has 3 amide bonds. The maximum absolute atomic E-state index is 13.6. The number of nitro groups is 1. The van der Waals surface area contributed by atoms with Crippen molar-refractivity contribution in [3.8, 4) is 11.5 Å². The van der Waals surface area contributed by atoms with Gasteiger partial charge in [-0.2, -0.15) is 0 Å². The van der Waals surface area contributed by atoms with Crippen LogP contribution in [0.5, 0.6) is 11.5 Å². The Hall–Kier alpha value is -4.44. The molecular formula is C25H16ClN3O7. The van der Waals surface area contributed by atoms with E-state index >= 15 is 0 Å². The predicted molar refractivity (Wildman–Crippen MR) is 126 cm³/mol. The Bertz CT molecular complexity index is 1520. The summed E-state index contributed by atoms with van der Waals surface area (Å²) in [4.78, 5) is 53.4. The first-order chi connectivity index (χ1) is 17.3. The maximum atomic E-state index is 13.6. The fourth-order valence-corrected chi connectivity index (χ4v) is 5.04. The van der Waals surface area contributed by atoms with Crippen molar-refractivity contribution in [2.45, 2.75) is 19.0 Å². The molecule has 0 saturated carbocycles. The van der Waals surface area contributed by atoms with Crippen LogP contribution in [0.3, 0.4) is 0 Å². The standard InChI is InChI=1S/C25H16ClN3O7/c1-12-5-7-14(10-16(12)26)27-21(13-6-8-18-19(9-13)36-11-35-18)22(25(27)32)28-23(30)15-3-2-4-17(29(33)34)20(15)24(28)31/h2-10,21-22H,11H2,1H3. The van der Waals surface area contributed by atoms with Gasteiger partial charge in [0.1, 0.15) is 11.6 Å². The Kier molecular flexibility index (Phi) is 4.77. The average molecular weight is 506 g/mol. The monoisotopic (exact) mass is 505 g/mol. The van der Waals surface area contributed by atoms with Crippen LogP contribution >= 0.6 is 11.6 Å². The normalized spacial score (nSPS) is 20.0. The van der Waals surface area contributed by atoms with Crippen LogP contribution in [-0.2, 0) is 4.79 Å². The molecule has 10 nitrogen and oxygen atoms in total. The Morgan fingerprint density at radius 2 is 1.72 bits per heavy atom. The molecule has 11 heteroatoms. The topological polar surface area (TPSA) is 119 Å². The number of carbonyl (C=O) groups is 3. The van der Waals surface area contributed by atoms with Gasteiger partial charge in [-0.05, 0) is 48.4 Å². The molecule has 1 fully saturated rings. The number of anilines is 1. The zero-order valence-corrected chi connectivity index (χ0v) is 19.4. The lowest BCUT2D eigenvalue weighted by Crippen LogP contribution is -2.67. The van der Waals surface area contributed by atoms with Crippen molar-refractivity contribution in [3.05, 3.63) is 92.0 Å². The molecule has 0 aromatic heterocycles. The van der Waals surface area contributed by atoms with E-state index in [0.29, 0.717) is 27.8 Å². The van der Waals surface area contributed by atoms with E-state index in [0.717, 1.165) is 16.5 Å². The molecule has 3 aliphatic heterocycles. The molecule has 36 heavy (non-hydrogen) atoms. The smallest absolute Gasteiger partial charge is 0.282 e. The third kappa shape index (κ3) is 3.01. The molecule has 0 aliphatic carbocycles. The molecule has 0 N–H and O–H groups in total. The molecule has 0 radical (unpaired) electrons. The highest BCUT2D eigenvalue weighted by atomic mass is 35.5. The number of nitro benzene ring substituents is 1. The average Bonchev–Trinajstić information content (AvgIpc) is 3.42. The Morgan fingerprint density at radius 1 is 0.944 bits per heavy atom. The highest BCUT2D eigenvalue weighted by molar-refractivity contribution is 6.32. The SMILES string of the molecule is Cc1ccc(N2C(=O)C(N3C(=O)c4cccc([N+](=O)[O-])c4C3=O)C2c2ccc3c(c2)OCO3)cc1Cl. The molecule has 3 aromatic rings. The number of halogens is 1. The molecule has 3 heterocycles. The highest BCUT2D eigenvalue weighted by Crippen LogP contribution is 2.47. The third-order valence-electron chi connectivity index (χ3n) is 6.64. The van der Waals surface area contributed by atoms with Crippen LogP contribution < -0.4 is 14.4 Å². The molecule has 2 unspecified atom stereocenters. The molecule has 180 valence electrons. The van der Waals surface area contributed by atoms with Gasteiger partial charge in [0.15, 0.2) is 11.5 Å². The molecule has 3 aliphatic rings. The molecule has 6 rings (SSSR count). The van der Waals surface area contributed by atoms with Gasteiger partial charge in [-0.1, -0.05) is 29.8 Å². The van der Waals surface area contributed by atoms with E-state index in [1.54, 1.807) is 36.4 Å². The number of aryl methyl sites for hydroxylation is 1. The molecule has 0 spiro atoms. The van der Waals surface area contributed by atoms with Crippen LogP contribution in [-0.4, -0.2) is 40.4 Å². The van der Waals surface area contributed by atoms with Crippen molar-refractivity contribution < 1.29 is 28.8 Å². The van der Waals surface area contributed by atoms with E-state index in [-0.39, 0.29) is 17.9 Å². The summed E-state index contributed by atoms with van der Waals surface area (Å²) in [5.41, 5.74) is 0.979. The lowest BCUT2D eigenvalue weighted by atomic mass is 9.86. The molecule has 3 aromatic carbocycles. The van der Waals surface area contributed by atoms with Crippen LogP contribution in [0.25, 0.3) is 0 Å². The molecule has 2 atom stereocenters. The predicted octanol–water partition coefficient (Wildman–Crippen LogP) is 4.04. The van der Waals surface area contributed by atoms with Crippen molar-refractivity contribution in [2.75, 3.05) is 11.7 Å². The number of rotatable bonds is 4. The van der Waals surface area contributed by atoms with Gasteiger partial charge < -0.3 is 14.4 Å². The van der Waals surface area contributed by atoms with Crippen LogP contribution in [0.4, 0.5) is 11.4 Å². The minimum atomic E-state index is -1.22. The Balaban J connectivity index is 1.46. The van der Waals surface area contributed by atoms with Crippen LogP contribution in [0, 0.1) is 17.0 Å². The van der Waals surface area contributed by atoms with Crippen LogP contribution in [0.1, 0.15) is 37.9 Å². The van der Waals surface area contributed by atoms with Gasteiger partial charge in [0, 0.05) is 16.8 Å². The summed E-state index contributed by atoms with van der Waals surface area (Å²) in [6.45, 7) is 1.87. The van der Waals surface area contributed by atoms with Crippen molar-refractivity contribution in [1.82, 2.24) is 4.90 Å². The number of hydrogen-bond donors (Lipinski definition) is 0. The minimum Gasteiger partial charge on any atom is -0.454 e. The first-order valence-electron chi connectivity index (χ1n) is 10.9. The highest BCUT2D eigenvalue weighted by Gasteiger charge is 2.58. The summed E-state index contributed by atoms with van der Waals surface area (Å²) in [5.74, 6) is -1.17. The number of amides is 3. The second-order valence-corrected chi connectivity index (χ2v) is 8.99.